The van der Waals surface area contributed by atoms with Crippen LogP contribution in [0.25, 0.3) is 43.1 Å². The van der Waals surface area contributed by atoms with E-state index in [2.05, 4.69) is 30.3 Å². The minimum atomic E-state index is -4.54. The molecular formula is C46H40F3N5OS3. The number of nitrogens with two attached hydrogens (primary N) is 2. The van der Waals surface area contributed by atoms with Crippen LogP contribution in [0.15, 0.2) is 119 Å². The Bertz CT molecular complexity index is 2620. The summed E-state index contributed by atoms with van der Waals surface area (Å²) in [6.45, 7) is 0.436. The van der Waals surface area contributed by atoms with E-state index in [0.717, 1.165) is 81.8 Å². The second-order valence-electron chi connectivity index (χ2n) is 15.5. The molecule has 2 aliphatic carbocycles. The summed E-state index contributed by atoms with van der Waals surface area (Å²) in [4.78, 5) is 20.7. The Morgan fingerprint density at radius 2 is 1.38 bits per heavy atom. The van der Waals surface area contributed by atoms with Crippen molar-refractivity contribution in [2.45, 2.75) is 68.9 Å². The number of benzene rings is 4. The van der Waals surface area contributed by atoms with Gasteiger partial charge in [0, 0.05) is 37.2 Å². The molecule has 4 aliphatic rings. The van der Waals surface area contributed by atoms with E-state index in [9.17, 15) is 13.2 Å². The maximum Gasteiger partial charge on any atom is 0.416 e. The molecule has 4 aromatic carbocycles. The second kappa shape index (κ2) is 14.4. The van der Waals surface area contributed by atoms with Gasteiger partial charge < -0.3 is 11.5 Å². The number of nitrogens with zero attached hydrogens (tertiary/aromatic N) is 3. The van der Waals surface area contributed by atoms with Gasteiger partial charge in [-0.25, -0.2) is 14.9 Å². The van der Waals surface area contributed by atoms with Crippen molar-refractivity contribution in [1.82, 2.24) is 5.06 Å². The van der Waals surface area contributed by atoms with E-state index in [4.69, 9.17) is 26.3 Å². The number of guanidine groups is 1. The van der Waals surface area contributed by atoms with Crippen molar-refractivity contribution < 1.29 is 18.0 Å². The summed E-state index contributed by atoms with van der Waals surface area (Å²) < 4.78 is 43.8. The molecule has 0 amide bonds. The van der Waals surface area contributed by atoms with Crippen LogP contribution in [-0.2, 0) is 41.7 Å². The smallest absolute Gasteiger partial charge is 0.379 e. The molecule has 0 saturated heterocycles. The van der Waals surface area contributed by atoms with E-state index in [1.54, 1.807) is 16.8 Å². The molecular weight excluding hydrogens is 792 g/mol. The lowest BCUT2D eigenvalue weighted by Gasteiger charge is -2.36. The zero-order valence-electron chi connectivity index (χ0n) is 31.5. The van der Waals surface area contributed by atoms with Gasteiger partial charge in [-0.2, -0.15) is 13.2 Å². The van der Waals surface area contributed by atoms with Gasteiger partial charge in [0.2, 0.25) is 11.7 Å². The number of fused-ring (bicyclic) bond motifs is 4. The lowest BCUT2D eigenvalue weighted by molar-refractivity contribution is -0.196. The Kier molecular flexibility index (Phi) is 9.31. The first kappa shape index (κ1) is 37.4. The van der Waals surface area contributed by atoms with Crippen LogP contribution in [0.5, 0.6) is 0 Å². The number of hydrogen-bond donors (Lipinski definition) is 2. The molecule has 2 aromatic heterocycles. The summed E-state index contributed by atoms with van der Waals surface area (Å²) in [6, 6.07) is 34.8. The van der Waals surface area contributed by atoms with E-state index in [-0.39, 0.29) is 11.5 Å². The SMILES string of the molecule is NC1=NC2(CCCc3cc(-c4cccc(-c5cccc(-c6cc(-c7cc8c(s7)CCCC87N=C(N)N(Cc8ccccc8)O7)cc(C(F)(F)F)c6)c5)c4)sc32)CCS1. The van der Waals surface area contributed by atoms with Crippen LogP contribution < -0.4 is 11.5 Å². The molecule has 4 heterocycles. The molecule has 0 fully saturated rings. The molecule has 10 rings (SSSR count). The van der Waals surface area contributed by atoms with Crippen molar-refractivity contribution in [2.75, 3.05) is 5.75 Å². The molecule has 0 saturated carbocycles. The molecule has 6 aromatic rings. The Hall–Kier alpha value is -4.88. The lowest BCUT2D eigenvalue weighted by atomic mass is 9.81. The van der Waals surface area contributed by atoms with Gasteiger partial charge in [-0.3, -0.25) is 4.99 Å². The maximum atomic E-state index is 14.6. The number of thioether (sulfide) groups is 1. The van der Waals surface area contributed by atoms with E-state index in [1.165, 1.54) is 38.8 Å². The Labute approximate surface area is 347 Å². The fourth-order valence-electron chi connectivity index (χ4n) is 8.91. The highest BCUT2D eigenvalue weighted by molar-refractivity contribution is 8.13. The average Bonchev–Trinajstić information content (AvgIpc) is 3.95. The van der Waals surface area contributed by atoms with Crippen molar-refractivity contribution in [3.8, 4) is 43.1 Å². The average molecular weight is 832 g/mol. The molecule has 294 valence electrons. The normalized spacial score (nSPS) is 21.5. The fourth-order valence-corrected chi connectivity index (χ4v) is 12.4. The molecule has 12 heteroatoms. The summed E-state index contributed by atoms with van der Waals surface area (Å²) in [5.74, 6) is 1.27. The largest absolute Gasteiger partial charge is 0.416 e. The molecule has 4 N–H and O–H groups in total. The Balaban J connectivity index is 0.974. The van der Waals surface area contributed by atoms with Crippen LogP contribution in [0, 0.1) is 0 Å². The molecule has 0 radical (unpaired) electrons. The highest BCUT2D eigenvalue weighted by Crippen LogP contribution is 2.51. The number of alkyl halides is 3. The second-order valence-corrected chi connectivity index (χ2v) is 18.8. The zero-order chi connectivity index (χ0) is 39.6. The van der Waals surface area contributed by atoms with E-state index >= 15 is 0 Å². The predicted molar refractivity (Wildman–Crippen MR) is 232 cm³/mol. The predicted octanol–water partition coefficient (Wildman–Crippen LogP) is 11.7. The summed E-state index contributed by atoms with van der Waals surface area (Å²) in [6.07, 6.45) is 1.86. The van der Waals surface area contributed by atoms with Crippen LogP contribution >= 0.6 is 34.4 Å². The van der Waals surface area contributed by atoms with Gasteiger partial charge in [0.1, 0.15) is 0 Å². The summed E-state index contributed by atoms with van der Waals surface area (Å²) in [7, 11) is 0. The van der Waals surface area contributed by atoms with Crippen LogP contribution in [-0.4, -0.2) is 21.9 Å². The van der Waals surface area contributed by atoms with Gasteiger partial charge >= 0.3 is 6.18 Å². The number of aliphatic imine (C=N–C) groups is 2. The van der Waals surface area contributed by atoms with E-state index in [1.807, 2.05) is 78.1 Å². The number of aryl methyl sites for hydroxylation is 2. The third-order valence-corrected chi connectivity index (χ3v) is 15.2. The number of amidine groups is 1. The Morgan fingerprint density at radius 3 is 2.16 bits per heavy atom. The summed E-state index contributed by atoms with van der Waals surface area (Å²) >= 11 is 4.96. The van der Waals surface area contributed by atoms with Crippen molar-refractivity contribution in [3.05, 3.63) is 141 Å². The standard InChI is InChI=1S/C46H40F3N5OS3/c47-46(48,49)36-23-34(22-35(24-36)40-26-37-38(57-40)15-7-17-45(37)52-42(50)54(55-45)27-28-8-2-1-3-9-28)31-12-4-10-29(20-31)30-11-5-13-32(21-30)39-25-33-14-6-16-44(41(33)58-39)18-19-56-43(51)53-44/h1-5,8-13,20-26H,6-7,14-19,27H2,(H2,50,52)(H2,51,53). The molecule has 2 aliphatic heterocycles. The van der Waals surface area contributed by atoms with Gasteiger partial charge in [-0.05, 0) is 125 Å². The van der Waals surface area contributed by atoms with Crippen molar-refractivity contribution in [1.29, 1.82) is 0 Å². The van der Waals surface area contributed by atoms with Crippen LogP contribution in [0.3, 0.4) is 0 Å². The van der Waals surface area contributed by atoms with E-state index in [0.29, 0.717) is 34.8 Å². The third kappa shape index (κ3) is 6.83. The lowest BCUT2D eigenvalue weighted by Crippen LogP contribution is -2.35. The van der Waals surface area contributed by atoms with Crippen LogP contribution in [0.2, 0.25) is 0 Å². The van der Waals surface area contributed by atoms with E-state index < -0.39 is 17.5 Å². The minimum absolute atomic E-state index is 0.221. The Morgan fingerprint density at radius 1 is 0.690 bits per heavy atom. The maximum absolute atomic E-state index is 14.6. The number of hydrogen-bond acceptors (Lipinski definition) is 9. The first-order valence-corrected chi connectivity index (χ1v) is 22.2. The minimum Gasteiger partial charge on any atom is -0.379 e. The molecule has 6 nitrogen and oxygen atoms in total. The van der Waals surface area contributed by atoms with Crippen LogP contribution in [0.1, 0.15) is 64.1 Å². The zero-order valence-corrected chi connectivity index (χ0v) is 34.0. The summed E-state index contributed by atoms with van der Waals surface area (Å²) in [5, 5.41) is 2.30. The summed E-state index contributed by atoms with van der Waals surface area (Å²) in [5.41, 5.74) is 18.8. The molecule has 2 atom stereocenters. The number of hydroxylamine groups is 2. The van der Waals surface area contributed by atoms with Crippen molar-refractivity contribution in [2.24, 2.45) is 21.5 Å². The molecule has 58 heavy (non-hydrogen) atoms. The third-order valence-electron chi connectivity index (χ3n) is 11.7. The topological polar surface area (TPSA) is 89.2 Å². The first-order valence-electron chi connectivity index (χ1n) is 19.6. The van der Waals surface area contributed by atoms with Gasteiger partial charge in [-0.15, -0.1) is 22.7 Å². The first-order chi connectivity index (χ1) is 28.0. The number of rotatable bonds is 6. The van der Waals surface area contributed by atoms with Crippen molar-refractivity contribution in [3.63, 3.8) is 0 Å². The highest BCUT2D eigenvalue weighted by Gasteiger charge is 2.46. The number of thiophene rings is 2. The van der Waals surface area contributed by atoms with Crippen molar-refractivity contribution >= 4 is 45.6 Å². The van der Waals surface area contributed by atoms with Gasteiger partial charge in [0.25, 0.3) is 0 Å². The quantitative estimate of drug-likeness (QED) is 0.174. The van der Waals surface area contributed by atoms with Gasteiger partial charge in [0.05, 0.1) is 17.6 Å². The molecule has 2 spiro atoms. The molecule has 0 bridgehead atoms. The highest BCUT2D eigenvalue weighted by atomic mass is 32.2. The fraction of sp³-hybridized carbons (Fsp3) is 0.261. The van der Waals surface area contributed by atoms with Crippen LogP contribution in [0.4, 0.5) is 13.2 Å². The van der Waals surface area contributed by atoms with Gasteiger partial charge in [0.15, 0.2) is 5.17 Å². The monoisotopic (exact) mass is 831 g/mol. The number of halogens is 3. The molecule has 2 unspecified atom stereocenters. The van der Waals surface area contributed by atoms with Gasteiger partial charge in [-0.1, -0.05) is 78.5 Å².